The molecule has 0 spiro atoms. The second kappa shape index (κ2) is 7.79. The Hall–Kier alpha value is -1.59. The molecule has 1 aliphatic heterocycles. The van der Waals surface area contributed by atoms with Crippen LogP contribution in [0.3, 0.4) is 0 Å². The summed E-state index contributed by atoms with van der Waals surface area (Å²) in [7, 11) is 0. The maximum absolute atomic E-state index is 12.5. The summed E-state index contributed by atoms with van der Waals surface area (Å²) in [6.07, 6.45) is 3.61. The second-order valence-corrected chi connectivity index (χ2v) is 6.70. The maximum atomic E-state index is 12.5. The highest BCUT2D eigenvalue weighted by molar-refractivity contribution is 5.86. The smallest absolute Gasteiger partial charge is 0.328 e. The number of carbonyl (C=O) groups is 3. The predicted octanol–water partition coefficient (Wildman–Crippen LogP) is 1.81. The predicted molar refractivity (Wildman–Crippen MR) is 83.3 cm³/mol. The number of amides is 1. The Morgan fingerprint density at radius 1 is 1.30 bits per heavy atom. The normalized spacial score (nSPS) is 31.5. The van der Waals surface area contributed by atoms with Gasteiger partial charge < -0.3 is 14.8 Å². The average molecular weight is 325 g/mol. The van der Waals surface area contributed by atoms with Gasteiger partial charge in [0.15, 0.2) is 0 Å². The van der Waals surface area contributed by atoms with Crippen molar-refractivity contribution in [2.24, 2.45) is 17.8 Å². The fourth-order valence-corrected chi connectivity index (χ4v) is 3.56. The molecule has 0 aromatic rings. The zero-order valence-corrected chi connectivity index (χ0v) is 14.2. The van der Waals surface area contributed by atoms with Crippen molar-refractivity contribution in [2.45, 2.75) is 65.0 Å². The number of cyclic esters (lactones) is 1. The van der Waals surface area contributed by atoms with Crippen LogP contribution in [0, 0.1) is 17.8 Å². The Balaban J connectivity index is 1.83. The third-order valence-corrected chi connectivity index (χ3v) is 5.05. The third-order valence-electron chi connectivity index (χ3n) is 5.05. The van der Waals surface area contributed by atoms with Gasteiger partial charge in [0.05, 0.1) is 6.42 Å². The van der Waals surface area contributed by atoms with Gasteiger partial charge in [0, 0.05) is 5.92 Å². The number of ether oxygens (including phenoxy) is 2. The van der Waals surface area contributed by atoms with Crippen molar-refractivity contribution in [3.8, 4) is 0 Å². The zero-order valence-electron chi connectivity index (χ0n) is 14.2. The monoisotopic (exact) mass is 325 g/mol. The van der Waals surface area contributed by atoms with Crippen molar-refractivity contribution in [3.63, 3.8) is 0 Å². The highest BCUT2D eigenvalue weighted by atomic mass is 16.6. The van der Waals surface area contributed by atoms with Gasteiger partial charge >= 0.3 is 11.9 Å². The third kappa shape index (κ3) is 4.45. The second-order valence-electron chi connectivity index (χ2n) is 6.70. The van der Waals surface area contributed by atoms with Crippen molar-refractivity contribution >= 4 is 17.8 Å². The fourth-order valence-electron chi connectivity index (χ4n) is 3.56. The van der Waals surface area contributed by atoms with Crippen LogP contribution in [0.1, 0.15) is 52.9 Å². The van der Waals surface area contributed by atoms with Crippen LogP contribution in [-0.2, 0) is 23.9 Å². The van der Waals surface area contributed by atoms with Gasteiger partial charge in [0.1, 0.15) is 18.8 Å². The van der Waals surface area contributed by atoms with Gasteiger partial charge in [-0.3, -0.25) is 9.59 Å². The molecule has 6 heteroatoms. The van der Waals surface area contributed by atoms with E-state index in [-0.39, 0.29) is 30.8 Å². The molecule has 2 fully saturated rings. The van der Waals surface area contributed by atoms with Crippen molar-refractivity contribution < 1.29 is 23.9 Å². The van der Waals surface area contributed by atoms with E-state index >= 15 is 0 Å². The summed E-state index contributed by atoms with van der Waals surface area (Å²) in [5.74, 6) is 0.0396. The zero-order chi connectivity index (χ0) is 17.0. The van der Waals surface area contributed by atoms with Gasteiger partial charge in [-0.1, -0.05) is 26.7 Å². The Kier molecular flexibility index (Phi) is 6.02. The Morgan fingerprint density at radius 2 is 2.04 bits per heavy atom. The molecule has 5 unspecified atom stereocenters. The first-order valence-electron chi connectivity index (χ1n) is 8.61. The molecule has 0 bridgehead atoms. The first-order chi connectivity index (χ1) is 10.9. The summed E-state index contributed by atoms with van der Waals surface area (Å²) in [4.78, 5) is 35.5. The van der Waals surface area contributed by atoms with Crippen LogP contribution in [0.4, 0.5) is 0 Å². The van der Waals surface area contributed by atoms with Crippen LogP contribution in [0.25, 0.3) is 0 Å². The minimum atomic E-state index is -0.712. The molecule has 0 aromatic carbocycles. The first kappa shape index (κ1) is 17.8. The number of hydrogen-bond donors (Lipinski definition) is 1. The van der Waals surface area contributed by atoms with Crippen LogP contribution in [0.2, 0.25) is 0 Å². The molecule has 1 saturated carbocycles. The Bertz CT molecular complexity index is 464. The van der Waals surface area contributed by atoms with Gasteiger partial charge in [0.25, 0.3) is 0 Å². The van der Waals surface area contributed by atoms with Gasteiger partial charge in [-0.05, 0) is 31.6 Å². The molecule has 2 rings (SSSR count). The average Bonchev–Trinajstić information content (AvgIpc) is 3.12. The van der Waals surface area contributed by atoms with Crippen LogP contribution >= 0.6 is 0 Å². The van der Waals surface area contributed by atoms with E-state index in [0.29, 0.717) is 11.8 Å². The molecule has 5 atom stereocenters. The number of hydrogen-bond acceptors (Lipinski definition) is 5. The molecule has 1 N–H and O–H groups in total. The number of carbonyl (C=O) groups excluding carboxylic acids is 3. The molecule has 130 valence electrons. The Morgan fingerprint density at radius 3 is 2.61 bits per heavy atom. The van der Waals surface area contributed by atoms with E-state index in [2.05, 4.69) is 19.2 Å². The summed E-state index contributed by atoms with van der Waals surface area (Å²) < 4.78 is 9.96. The summed E-state index contributed by atoms with van der Waals surface area (Å²) >= 11 is 0. The van der Waals surface area contributed by atoms with Crippen molar-refractivity contribution in [1.82, 2.24) is 5.32 Å². The van der Waals surface area contributed by atoms with Crippen LogP contribution in [-0.4, -0.2) is 36.6 Å². The van der Waals surface area contributed by atoms with E-state index in [1.807, 2.05) is 0 Å². The molecule has 1 saturated heterocycles. The molecule has 2 aliphatic rings. The lowest BCUT2D eigenvalue weighted by Crippen LogP contribution is -2.44. The number of nitrogens with one attached hydrogen (secondary N) is 1. The Labute approximate surface area is 137 Å². The summed E-state index contributed by atoms with van der Waals surface area (Å²) in [5, 5.41) is 2.78. The van der Waals surface area contributed by atoms with Crippen molar-refractivity contribution in [1.29, 1.82) is 0 Å². The van der Waals surface area contributed by atoms with E-state index in [9.17, 15) is 14.4 Å². The topological polar surface area (TPSA) is 81.7 Å². The molecule has 0 radical (unpaired) electrons. The molecule has 1 aliphatic carbocycles. The molecule has 6 nitrogen and oxygen atoms in total. The summed E-state index contributed by atoms with van der Waals surface area (Å²) in [6.45, 7) is 5.98. The maximum Gasteiger partial charge on any atom is 0.328 e. The van der Waals surface area contributed by atoms with Gasteiger partial charge in [-0.2, -0.15) is 0 Å². The van der Waals surface area contributed by atoms with Crippen molar-refractivity contribution in [2.75, 3.05) is 6.61 Å². The van der Waals surface area contributed by atoms with Crippen LogP contribution in [0.5, 0.6) is 0 Å². The van der Waals surface area contributed by atoms with Gasteiger partial charge in [-0.15, -0.1) is 0 Å². The van der Waals surface area contributed by atoms with E-state index < -0.39 is 18.1 Å². The lowest BCUT2D eigenvalue weighted by molar-refractivity contribution is -0.152. The highest BCUT2D eigenvalue weighted by Crippen LogP contribution is 2.40. The lowest BCUT2D eigenvalue weighted by atomic mass is 9.93. The molecular weight excluding hydrogens is 298 g/mol. The van der Waals surface area contributed by atoms with Crippen molar-refractivity contribution in [3.05, 3.63) is 0 Å². The van der Waals surface area contributed by atoms with E-state index in [4.69, 9.17) is 9.47 Å². The minimum Gasteiger partial charge on any atom is -0.462 e. The van der Waals surface area contributed by atoms with Gasteiger partial charge in [-0.25, -0.2) is 4.79 Å². The molecule has 0 aromatic heterocycles. The highest BCUT2D eigenvalue weighted by Gasteiger charge is 2.38. The summed E-state index contributed by atoms with van der Waals surface area (Å²) in [5.41, 5.74) is 0. The largest absolute Gasteiger partial charge is 0.462 e. The molecule has 1 heterocycles. The number of rotatable bonds is 6. The first-order valence-corrected chi connectivity index (χ1v) is 8.61. The SMILES string of the molecule is CCC1CC(CC)C(C(=O)NC(C)C(=O)OC2COC(=O)C2)C1. The fraction of sp³-hybridized carbons (Fsp3) is 0.824. The van der Waals surface area contributed by atoms with E-state index in [0.717, 1.165) is 25.7 Å². The standard InChI is InChI=1S/C17H27NO5/c1-4-11-6-12(5-2)14(7-11)16(20)18-10(3)17(21)23-13-8-15(19)22-9-13/h10-14H,4-9H2,1-3H3,(H,18,20). The van der Waals surface area contributed by atoms with E-state index in [1.54, 1.807) is 6.92 Å². The van der Waals surface area contributed by atoms with Crippen LogP contribution in [0.15, 0.2) is 0 Å². The van der Waals surface area contributed by atoms with Crippen LogP contribution < -0.4 is 5.32 Å². The minimum absolute atomic E-state index is 0.0170. The van der Waals surface area contributed by atoms with E-state index in [1.165, 1.54) is 0 Å². The van der Waals surface area contributed by atoms with Gasteiger partial charge in [0.2, 0.25) is 5.91 Å². The quantitative estimate of drug-likeness (QED) is 0.753. The molecule has 1 amide bonds. The summed E-state index contributed by atoms with van der Waals surface area (Å²) in [6, 6.07) is -0.712. The lowest BCUT2D eigenvalue weighted by Gasteiger charge is -2.21. The molecular formula is C17H27NO5. The number of esters is 2. The molecule has 23 heavy (non-hydrogen) atoms.